The van der Waals surface area contributed by atoms with E-state index in [-0.39, 0.29) is 5.91 Å². The van der Waals surface area contributed by atoms with E-state index in [9.17, 15) is 4.79 Å². The van der Waals surface area contributed by atoms with Gasteiger partial charge in [0.1, 0.15) is 5.75 Å². The molecule has 3 rings (SSSR count). The molecule has 1 aliphatic rings. The number of methoxy groups -OCH3 is 1. The lowest BCUT2D eigenvalue weighted by Gasteiger charge is -2.21. The first-order chi connectivity index (χ1) is 13.5. The lowest BCUT2D eigenvalue weighted by atomic mass is 10.2. The van der Waals surface area contributed by atoms with Gasteiger partial charge in [-0.3, -0.25) is 14.4 Å². The molecule has 0 atom stereocenters. The van der Waals surface area contributed by atoms with E-state index in [2.05, 4.69) is 22.1 Å². The zero-order valence-corrected chi connectivity index (χ0v) is 17.3. The molecule has 2 heterocycles. The number of carbonyl (C=O) groups is 1. The summed E-state index contributed by atoms with van der Waals surface area (Å²) in [5.41, 5.74) is 4.32. The summed E-state index contributed by atoms with van der Waals surface area (Å²) in [6.07, 6.45) is 4.58. The van der Waals surface area contributed by atoms with E-state index in [0.717, 1.165) is 61.8 Å². The number of amides is 1. The van der Waals surface area contributed by atoms with Gasteiger partial charge in [0.05, 0.1) is 12.8 Å². The topological polar surface area (TPSA) is 50.6 Å². The van der Waals surface area contributed by atoms with E-state index < -0.39 is 0 Å². The lowest BCUT2D eigenvalue weighted by Crippen LogP contribution is -2.34. The predicted molar refractivity (Wildman–Crippen MR) is 111 cm³/mol. The van der Waals surface area contributed by atoms with Crippen molar-refractivity contribution in [2.75, 3.05) is 33.3 Å². The van der Waals surface area contributed by atoms with Crippen LogP contribution in [-0.2, 0) is 18.4 Å². The molecule has 6 nitrogen and oxygen atoms in total. The summed E-state index contributed by atoms with van der Waals surface area (Å²) in [6, 6.07) is 8.20. The third kappa shape index (κ3) is 4.81. The summed E-state index contributed by atoms with van der Waals surface area (Å²) < 4.78 is 7.07. The largest absolute Gasteiger partial charge is 0.497 e. The van der Waals surface area contributed by atoms with Crippen LogP contribution in [0.1, 0.15) is 28.9 Å². The third-order valence-electron chi connectivity index (χ3n) is 5.42. The van der Waals surface area contributed by atoms with E-state index in [1.165, 1.54) is 5.56 Å². The van der Waals surface area contributed by atoms with Crippen LogP contribution >= 0.6 is 0 Å². The Balaban J connectivity index is 1.56. The molecule has 1 aliphatic heterocycles. The average molecular weight is 383 g/mol. The molecule has 1 fully saturated rings. The van der Waals surface area contributed by atoms with Crippen molar-refractivity contribution in [2.24, 2.45) is 7.05 Å². The highest BCUT2D eigenvalue weighted by Gasteiger charge is 2.18. The number of rotatable bonds is 5. The minimum Gasteiger partial charge on any atom is -0.497 e. The Kier molecular flexibility index (Phi) is 6.52. The number of benzene rings is 1. The monoisotopic (exact) mass is 382 g/mol. The number of aryl methyl sites for hydroxylation is 2. The molecule has 2 aromatic rings. The van der Waals surface area contributed by atoms with Gasteiger partial charge in [-0.25, -0.2) is 0 Å². The maximum Gasteiger partial charge on any atom is 0.246 e. The number of hydrogen-bond acceptors (Lipinski definition) is 4. The van der Waals surface area contributed by atoms with Crippen molar-refractivity contribution in [1.29, 1.82) is 0 Å². The molecular weight excluding hydrogens is 352 g/mol. The van der Waals surface area contributed by atoms with Gasteiger partial charge in [0.2, 0.25) is 5.91 Å². The molecule has 1 saturated heterocycles. The van der Waals surface area contributed by atoms with Crippen LogP contribution in [0.15, 0.2) is 30.3 Å². The van der Waals surface area contributed by atoms with Gasteiger partial charge in [-0.05, 0) is 44.0 Å². The zero-order chi connectivity index (χ0) is 20.1. The van der Waals surface area contributed by atoms with Gasteiger partial charge < -0.3 is 9.64 Å². The Labute approximate surface area is 167 Å². The van der Waals surface area contributed by atoms with E-state index in [1.807, 2.05) is 48.7 Å². The highest BCUT2D eigenvalue weighted by atomic mass is 16.5. The average Bonchev–Trinajstić information content (AvgIpc) is 2.85. The molecule has 6 heteroatoms. The van der Waals surface area contributed by atoms with Crippen LogP contribution in [0.2, 0.25) is 0 Å². The summed E-state index contributed by atoms with van der Waals surface area (Å²) >= 11 is 0. The SMILES string of the molecule is COc1ccc(CN2CCCN(C(=O)/C=C/c3c(C)nn(C)c3C)CC2)cc1. The lowest BCUT2D eigenvalue weighted by molar-refractivity contribution is -0.125. The molecule has 0 saturated carbocycles. The van der Waals surface area contributed by atoms with Crippen LogP contribution in [-0.4, -0.2) is 58.8 Å². The molecule has 0 bridgehead atoms. The van der Waals surface area contributed by atoms with Crippen molar-refractivity contribution < 1.29 is 9.53 Å². The van der Waals surface area contributed by atoms with Gasteiger partial charge >= 0.3 is 0 Å². The maximum absolute atomic E-state index is 12.7. The van der Waals surface area contributed by atoms with E-state index in [1.54, 1.807) is 13.2 Å². The zero-order valence-electron chi connectivity index (χ0n) is 17.3. The fraction of sp³-hybridized carbons (Fsp3) is 0.455. The fourth-order valence-corrected chi connectivity index (χ4v) is 3.63. The molecule has 1 aromatic carbocycles. The van der Waals surface area contributed by atoms with Gasteiger partial charge in [-0.15, -0.1) is 0 Å². The van der Waals surface area contributed by atoms with E-state index in [0.29, 0.717) is 0 Å². The smallest absolute Gasteiger partial charge is 0.246 e. The highest BCUT2D eigenvalue weighted by Crippen LogP contribution is 2.16. The first-order valence-electron chi connectivity index (χ1n) is 9.80. The van der Waals surface area contributed by atoms with Crippen LogP contribution < -0.4 is 4.74 Å². The first kappa shape index (κ1) is 20.1. The molecule has 0 N–H and O–H groups in total. The van der Waals surface area contributed by atoms with Crippen LogP contribution in [0.4, 0.5) is 0 Å². The summed E-state index contributed by atoms with van der Waals surface area (Å²) in [7, 11) is 3.61. The van der Waals surface area contributed by atoms with Gasteiger partial charge in [0.15, 0.2) is 0 Å². The van der Waals surface area contributed by atoms with Crippen molar-refractivity contribution in [3.63, 3.8) is 0 Å². The molecule has 1 amide bonds. The number of nitrogens with zero attached hydrogens (tertiary/aromatic N) is 4. The molecule has 0 spiro atoms. The molecule has 150 valence electrons. The van der Waals surface area contributed by atoms with Gasteiger partial charge in [-0.1, -0.05) is 12.1 Å². The van der Waals surface area contributed by atoms with Gasteiger partial charge in [0.25, 0.3) is 0 Å². The second-order valence-electron chi connectivity index (χ2n) is 7.34. The Morgan fingerprint density at radius 3 is 2.54 bits per heavy atom. The van der Waals surface area contributed by atoms with Crippen molar-refractivity contribution in [2.45, 2.75) is 26.8 Å². The van der Waals surface area contributed by atoms with Crippen molar-refractivity contribution in [1.82, 2.24) is 19.6 Å². The Hall–Kier alpha value is -2.60. The van der Waals surface area contributed by atoms with Crippen molar-refractivity contribution in [3.05, 3.63) is 52.9 Å². The number of carbonyl (C=O) groups excluding carboxylic acids is 1. The molecule has 28 heavy (non-hydrogen) atoms. The van der Waals surface area contributed by atoms with Crippen LogP contribution in [0.25, 0.3) is 6.08 Å². The van der Waals surface area contributed by atoms with Crippen LogP contribution in [0.3, 0.4) is 0 Å². The summed E-state index contributed by atoms with van der Waals surface area (Å²) in [5, 5.41) is 4.40. The summed E-state index contributed by atoms with van der Waals surface area (Å²) in [4.78, 5) is 17.0. The molecule has 0 unspecified atom stereocenters. The minimum atomic E-state index is 0.0777. The number of aromatic nitrogens is 2. The Bertz CT molecular complexity index is 839. The fourth-order valence-electron chi connectivity index (χ4n) is 3.63. The summed E-state index contributed by atoms with van der Waals surface area (Å²) in [6.45, 7) is 8.33. The molecule has 0 aliphatic carbocycles. The molecule has 1 aromatic heterocycles. The first-order valence-corrected chi connectivity index (χ1v) is 9.80. The summed E-state index contributed by atoms with van der Waals surface area (Å²) in [5.74, 6) is 0.955. The molecular formula is C22H30N4O2. The maximum atomic E-state index is 12.7. The third-order valence-corrected chi connectivity index (χ3v) is 5.42. The highest BCUT2D eigenvalue weighted by molar-refractivity contribution is 5.92. The van der Waals surface area contributed by atoms with Crippen LogP contribution in [0, 0.1) is 13.8 Å². The molecule has 0 radical (unpaired) electrons. The number of ether oxygens (including phenoxy) is 1. The normalized spacial score (nSPS) is 15.8. The second-order valence-corrected chi connectivity index (χ2v) is 7.34. The van der Waals surface area contributed by atoms with Gasteiger partial charge in [-0.2, -0.15) is 5.10 Å². The predicted octanol–water partition coefficient (Wildman–Crippen LogP) is 2.79. The standard InChI is InChI=1S/C22H30N4O2/c1-17-21(18(2)24(3)23-17)10-11-22(27)26-13-5-12-25(14-15-26)16-19-6-8-20(28-4)9-7-19/h6-11H,5,12-16H2,1-4H3/b11-10+. The quantitative estimate of drug-likeness (QED) is 0.746. The minimum absolute atomic E-state index is 0.0777. The second kappa shape index (κ2) is 9.06. The number of hydrogen-bond donors (Lipinski definition) is 0. The van der Waals surface area contributed by atoms with E-state index in [4.69, 9.17) is 4.74 Å². The van der Waals surface area contributed by atoms with E-state index >= 15 is 0 Å². The van der Waals surface area contributed by atoms with Crippen molar-refractivity contribution in [3.8, 4) is 5.75 Å². The van der Waals surface area contributed by atoms with Crippen molar-refractivity contribution >= 4 is 12.0 Å². The Morgan fingerprint density at radius 1 is 1.14 bits per heavy atom. The van der Waals surface area contributed by atoms with Gasteiger partial charge in [0, 0.05) is 57.1 Å². The van der Waals surface area contributed by atoms with Crippen LogP contribution in [0.5, 0.6) is 5.75 Å². The Morgan fingerprint density at radius 2 is 1.89 bits per heavy atom.